The normalized spacial score (nSPS) is 20.0. The molecule has 3 aliphatic rings. The number of carbonyl (C=O) groups is 2. The van der Waals surface area contributed by atoms with Gasteiger partial charge in [0.05, 0.1) is 13.2 Å². The Hall–Kier alpha value is -4.40. The van der Waals surface area contributed by atoms with Crippen LogP contribution in [0.25, 0.3) is 0 Å². The second-order valence-corrected chi connectivity index (χ2v) is 9.37. The number of rotatable bonds is 2. The van der Waals surface area contributed by atoms with Gasteiger partial charge in [-0.1, -0.05) is 12.1 Å². The molecule has 0 aromatic heterocycles. The minimum atomic E-state index is -0.288. The van der Waals surface area contributed by atoms with Crippen LogP contribution in [-0.4, -0.2) is 54.9 Å². The molecule has 190 valence electrons. The highest BCUT2D eigenvalue weighted by atomic mass is 16.7. The molecule has 37 heavy (non-hydrogen) atoms. The lowest BCUT2D eigenvalue weighted by atomic mass is 9.93. The van der Waals surface area contributed by atoms with Crippen molar-refractivity contribution < 1.29 is 33.6 Å². The lowest BCUT2D eigenvalue weighted by Gasteiger charge is -2.21. The highest BCUT2D eigenvalue weighted by Gasteiger charge is 2.38. The summed E-state index contributed by atoms with van der Waals surface area (Å²) in [6.07, 6.45) is 0.749. The van der Waals surface area contributed by atoms with E-state index in [1.165, 1.54) is 0 Å². The number of nitrogens with one attached hydrogen (secondary N) is 1. The van der Waals surface area contributed by atoms with Gasteiger partial charge in [-0.3, -0.25) is 9.59 Å². The Labute approximate surface area is 213 Å². The quantitative estimate of drug-likeness (QED) is 0.552. The van der Waals surface area contributed by atoms with Crippen molar-refractivity contribution in [3.05, 3.63) is 71.3 Å². The molecule has 2 amide bonds. The minimum absolute atomic E-state index is 0.00484. The first-order valence-corrected chi connectivity index (χ1v) is 12.1. The number of hydrogen-bond donors (Lipinski definition) is 2. The van der Waals surface area contributed by atoms with E-state index in [0.29, 0.717) is 48.1 Å². The maximum absolute atomic E-state index is 13.5. The second kappa shape index (κ2) is 9.24. The lowest BCUT2D eigenvalue weighted by Crippen LogP contribution is -2.40. The lowest BCUT2D eigenvalue weighted by molar-refractivity contribution is -0.121. The summed E-state index contributed by atoms with van der Waals surface area (Å²) in [5.74, 6) is 1.97. The Morgan fingerprint density at radius 2 is 1.84 bits per heavy atom. The number of benzene rings is 3. The SMILES string of the molecule is COc1ccc2cc1Oc1cc(ccc1O)CCC(=O)N[C@@H]1CN(C(=O)c3ccc4c(c3)OCO4)C[C@@H]21. The Kier molecular flexibility index (Phi) is 5.75. The molecule has 0 aliphatic carbocycles. The third-order valence-corrected chi connectivity index (χ3v) is 7.07. The van der Waals surface area contributed by atoms with Gasteiger partial charge in [0.2, 0.25) is 12.7 Å². The number of carbonyl (C=O) groups excluding carboxylic acids is 2. The number of amides is 2. The molecule has 0 unspecified atom stereocenters. The van der Waals surface area contributed by atoms with Crippen molar-refractivity contribution in [2.24, 2.45) is 0 Å². The number of aryl methyl sites for hydroxylation is 1. The van der Waals surface area contributed by atoms with Gasteiger partial charge >= 0.3 is 0 Å². The maximum Gasteiger partial charge on any atom is 0.254 e. The zero-order valence-electron chi connectivity index (χ0n) is 20.2. The molecule has 0 spiro atoms. The van der Waals surface area contributed by atoms with Gasteiger partial charge in [0.1, 0.15) is 0 Å². The number of nitrogens with zero attached hydrogens (tertiary/aromatic N) is 1. The van der Waals surface area contributed by atoms with E-state index in [0.717, 1.165) is 11.1 Å². The molecule has 1 fully saturated rings. The van der Waals surface area contributed by atoms with E-state index in [4.69, 9.17) is 18.9 Å². The first kappa shape index (κ1) is 23.0. The van der Waals surface area contributed by atoms with Crippen LogP contribution in [0.5, 0.6) is 34.5 Å². The molecule has 0 radical (unpaired) electrons. The molecule has 2 atom stereocenters. The number of phenols is 1. The molecule has 3 heterocycles. The fourth-order valence-corrected chi connectivity index (χ4v) is 5.12. The summed E-state index contributed by atoms with van der Waals surface area (Å²) < 4.78 is 22.4. The molecule has 9 heteroatoms. The fraction of sp³-hybridized carbons (Fsp3) is 0.286. The maximum atomic E-state index is 13.5. The van der Waals surface area contributed by atoms with Crippen LogP contribution in [0.4, 0.5) is 0 Å². The molecule has 4 bridgehead atoms. The van der Waals surface area contributed by atoms with Crippen LogP contribution in [0.1, 0.15) is 33.8 Å². The van der Waals surface area contributed by atoms with Crippen molar-refractivity contribution in [1.29, 1.82) is 0 Å². The van der Waals surface area contributed by atoms with Gasteiger partial charge < -0.3 is 34.3 Å². The Bertz CT molecular complexity index is 1390. The highest BCUT2D eigenvalue weighted by molar-refractivity contribution is 5.95. The number of likely N-dealkylation sites (tertiary alicyclic amines) is 1. The van der Waals surface area contributed by atoms with Crippen molar-refractivity contribution in [1.82, 2.24) is 10.2 Å². The van der Waals surface area contributed by atoms with Gasteiger partial charge in [-0.2, -0.15) is 0 Å². The van der Waals surface area contributed by atoms with Crippen molar-refractivity contribution >= 4 is 11.8 Å². The van der Waals surface area contributed by atoms with E-state index in [-0.39, 0.29) is 48.5 Å². The molecule has 3 aliphatic heterocycles. The van der Waals surface area contributed by atoms with Crippen LogP contribution in [0.15, 0.2) is 54.6 Å². The van der Waals surface area contributed by atoms with Crippen LogP contribution < -0.4 is 24.3 Å². The minimum Gasteiger partial charge on any atom is -0.504 e. The Morgan fingerprint density at radius 3 is 2.70 bits per heavy atom. The summed E-state index contributed by atoms with van der Waals surface area (Å²) in [5.41, 5.74) is 2.24. The second-order valence-electron chi connectivity index (χ2n) is 9.37. The Balaban J connectivity index is 1.35. The predicted octanol–water partition coefficient (Wildman–Crippen LogP) is 3.59. The average molecular weight is 503 g/mol. The molecule has 3 aromatic rings. The fourth-order valence-electron chi connectivity index (χ4n) is 5.12. The third-order valence-electron chi connectivity index (χ3n) is 7.07. The van der Waals surface area contributed by atoms with E-state index < -0.39 is 0 Å². The molecule has 2 N–H and O–H groups in total. The van der Waals surface area contributed by atoms with Crippen LogP contribution >= 0.6 is 0 Å². The smallest absolute Gasteiger partial charge is 0.254 e. The first-order chi connectivity index (χ1) is 18.0. The van der Waals surface area contributed by atoms with Gasteiger partial charge in [-0.05, 0) is 60.0 Å². The monoisotopic (exact) mass is 502 g/mol. The average Bonchev–Trinajstić information content (AvgIpc) is 3.55. The third kappa shape index (κ3) is 4.37. The van der Waals surface area contributed by atoms with Crippen molar-refractivity contribution in [3.63, 3.8) is 0 Å². The standard InChI is InChI=1S/C28H26N2O7/c1-34-22-7-4-17-11-26(22)37-24-10-16(2-6-21(24)31)3-9-27(32)29-20-14-30(13-19(17)20)28(33)18-5-8-23-25(12-18)36-15-35-23/h2,4-8,10-12,19-20,31H,3,9,13-15H2,1H3,(H,29,32)/t19-,20+/m0/s1. The van der Waals surface area contributed by atoms with Crippen molar-refractivity contribution in [2.45, 2.75) is 24.8 Å². The summed E-state index contributed by atoms with van der Waals surface area (Å²) in [5, 5.41) is 13.5. The largest absolute Gasteiger partial charge is 0.504 e. The van der Waals surface area contributed by atoms with E-state index in [1.54, 1.807) is 54.5 Å². The van der Waals surface area contributed by atoms with Crippen molar-refractivity contribution in [3.8, 4) is 34.5 Å². The number of hydrogen-bond acceptors (Lipinski definition) is 7. The summed E-state index contributed by atoms with van der Waals surface area (Å²) in [6, 6.07) is 15.5. The number of aromatic hydroxyl groups is 1. The van der Waals surface area contributed by atoms with E-state index in [1.807, 2.05) is 12.1 Å². The topological polar surface area (TPSA) is 107 Å². The molecular weight excluding hydrogens is 476 g/mol. The molecule has 9 nitrogen and oxygen atoms in total. The summed E-state index contributed by atoms with van der Waals surface area (Å²) in [7, 11) is 1.55. The van der Waals surface area contributed by atoms with Crippen LogP contribution in [0.2, 0.25) is 0 Å². The number of phenolic OH excluding ortho intramolecular Hbond substituents is 1. The van der Waals surface area contributed by atoms with Gasteiger partial charge in [0, 0.05) is 31.0 Å². The number of fused-ring (bicyclic) bond motifs is 7. The molecule has 6 rings (SSSR count). The van der Waals surface area contributed by atoms with E-state index >= 15 is 0 Å². The van der Waals surface area contributed by atoms with Gasteiger partial charge in [0.25, 0.3) is 5.91 Å². The molecule has 1 saturated heterocycles. The van der Waals surface area contributed by atoms with Crippen molar-refractivity contribution in [2.75, 3.05) is 27.0 Å². The van der Waals surface area contributed by atoms with Crippen LogP contribution in [0, 0.1) is 0 Å². The molecule has 0 saturated carbocycles. The van der Waals surface area contributed by atoms with E-state index in [2.05, 4.69) is 5.32 Å². The zero-order valence-corrected chi connectivity index (χ0v) is 20.2. The molecule has 3 aromatic carbocycles. The summed E-state index contributed by atoms with van der Waals surface area (Å²) in [4.78, 5) is 28.1. The number of methoxy groups -OCH3 is 1. The van der Waals surface area contributed by atoms with Gasteiger partial charge in [0.15, 0.2) is 34.5 Å². The number of ether oxygens (including phenoxy) is 4. The van der Waals surface area contributed by atoms with Crippen LogP contribution in [0.3, 0.4) is 0 Å². The van der Waals surface area contributed by atoms with Gasteiger partial charge in [-0.25, -0.2) is 0 Å². The van der Waals surface area contributed by atoms with Gasteiger partial charge in [-0.15, -0.1) is 0 Å². The predicted molar refractivity (Wildman–Crippen MR) is 133 cm³/mol. The summed E-state index contributed by atoms with van der Waals surface area (Å²) in [6.45, 7) is 0.902. The van der Waals surface area contributed by atoms with Crippen LogP contribution in [-0.2, 0) is 11.2 Å². The zero-order chi connectivity index (χ0) is 25.5. The first-order valence-electron chi connectivity index (χ1n) is 12.1. The molecular formula is C28H26N2O7. The summed E-state index contributed by atoms with van der Waals surface area (Å²) >= 11 is 0. The highest BCUT2D eigenvalue weighted by Crippen LogP contribution is 2.40. The van der Waals surface area contributed by atoms with E-state index in [9.17, 15) is 14.7 Å². The Morgan fingerprint density at radius 1 is 0.973 bits per heavy atom.